The monoisotopic (exact) mass is 447 g/mol. The van der Waals surface area contributed by atoms with Gasteiger partial charge < -0.3 is 0 Å². The molecule has 0 saturated carbocycles. The number of carbonyl (C=O) groups excluding carboxylic acids is 1. The fourth-order valence-electron chi connectivity index (χ4n) is 3.35. The fraction of sp³-hybridized carbons (Fsp3) is 0.364. The molecule has 0 aromatic heterocycles. The lowest BCUT2D eigenvalue weighted by atomic mass is 9.87. The molecule has 8 heteroatoms. The predicted octanol–water partition coefficient (Wildman–Crippen LogP) is 3.94. The van der Waals surface area contributed by atoms with E-state index in [0.717, 1.165) is 5.56 Å². The first kappa shape index (κ1) is 22.5. The molecular weight excluding hydrogens is 422 g/mol. The van der Waals surface area contributed by atoms with Crippen LogP contribution in [0.25, 0.3) is 0 Å². The van der Waals surface area contributed by atoms with Gasteiger partial charge >= 0.3 is 0 Å². The number of amides is 1. The Morgan fingerprint density at radius 1 is 1.13 bits per heavy atom. The highest BCUT2D eigenvalue weighted by molar-refractivity contribution is 7.89. The molecule has 1 saturated heterocycles. The Balaban J connectivity index is 1.67. The molecule has 0 radical (unpaired) electrons. The third-order valence-electron chi connectivity index (χ3n) is 5.09. The molecule has 0 spiro atoms. The standard InChI is InChI=1S/C22H26ClN3O3S/c1-22(2,3)17-8-6-16(7-9-17)15-24-25-21(27)20-5-4-14-26(20)30(28,29)19-12-10-18(23)11-13-19/h6-13,15,20H,4-5,14H2,1-3H3,(H,25,27)/b24-15-/t20-/m0/s1. The van der Waals surface area contributed by atoms with Crippen LogP contribution in [-0.2, 0) is 20.2 Å². The zero-order valence-electron chi connectivity index (χ0n) is 17.3. The van der Waals surface area contributed by atoms with E-state index in [-0.39, 0.29) is 10.3 Å². The molecule has 1 amide bonds. The van der Waals surface area contributed by atoms with E-state index in [0.29, 0.717) is 24.4 Å². The van der Waals surface area contributed by atoms with E-state index in [1.165, 1.54) is 34.1 Å². The highest BCUT2D eigenvalue weighted by Gasteiger charge is 2.39. The van der Waals surface area contributed by atoms with Gasteiger partial charge in [0.15, 0.2) is 0 Å². The van der Waals surface area contributed by atoms with E-state index < -0.39 is 22.0 Å². The first-order valence-corrected chi connectivity index (χ1v) is 11.6. The van der Waals surface area contributed by atoms with Crippen LogP contribution in [0, 0.1) is 0 Å². The van der Waals surface area contributed by atoms with Crippen LogP contribution in [0.2, 0.25) is 5.02 Å². The molecule has 0 aliphatic carbocycles. The highest BCUT2D eigenvalue weighted by atomic mass is 35.5. The van der Waals surface area contributed by atoms with E-state index in [1.54, 1.807) is 6.21 Å². The number of nitrogens with zero attached hydrogens (tertiary/aromatic N) is 2. The molecule has 160 valence electrons. The summed E-state index contributed by atoms with van der Waals surface area (Å²) in [5.74, 6) is -0.437. The van der Waals surface area contributed by atoms with Crippen LogP contribution in [0.1, 0.15) is 44.7 Å². The van der Waals surface area contributed by atoms with Gasteiger partial charge in [0.25, 0.3) is 5.91 Å². The Hall–Kier alpha value is -2.22. The SMILES string of the molecule is CC(C)(C)c1ccc(/C=N\NC(=O)[C@@H]2CCCN2S(=O)(=O)c2ccc(Cl)cc2)cc1. The number of hydrogen-bond acceptors (Lipinski definition) is 4. The molecule has 2 aromatic carbocycles. The summed E-state index contributed by atoms with van der Waals surface area (Å²) in [6, 6.07) is 13.1. The molecule has 1 atom stereocenters. The number of halogens is 1. The maximum atomic E-state index is 12.9. The molecule has 6 nitrogen and oxygen atoms in total. The second-order valence-electron chi connectivity index (χ2n) is 8.33. The third kappa shape index (κ3) is 5.09. The number of nitrogens with one attached hydrogen (secondary N) is 1. The number of hydrazone groups is 1. The van der Waals surface area contributed by atoms with E-state index in [1.807, 2.05) is 24.3 Å². The molecule has 0 unspecified atom stereocenters. The second kappa shape index (κ2) is 8.88. The highest BCUT2D eigenvalue weighted by Crippen LogP contribution is 2.27. The van der Waals surface area contributed by atoms with Gasteiger partial charge in [-0.2, -0.15) is 9.41 Å². The van der Waals surface area contributed by atoms with Gasteiger partial charge in [-0.05, 0) is 53.6 Å². The van der Waals surface area contributed by atoms with Gasteiger partial charge in [0.1, 0.15) is 6.04 Å². The van der Waals surface area contributed by atoms with Gasteiger partial charge in [-0.15, -0.1) is 0 Å². The van der Waals surface area contributed by atoms with Crippen LogP contribution in [0.15, 0.2) is 58.5 Å². The average Bonchev–Trinajstić information content (AvgIpc) is 3.19. The van der Waals surface area contributed by atoms with Crippen LogP contribution in [-0.4, -0.2) is 37.4 Å². The summed E-state index contributed by atoms with van der Waals surface area (Å²) in [6.07, 6.45) is 2.62. The van der Waals surface area contributed by atoms with Crippen LogP contribution in [0.5, 0.6) is 0 Å². The normalized spacial score (nSPS) is 18.1. The average molecular weight is 448 g/mol. The first-order valence-electron chi connectivity index (χ1n) is 9.80. The van der Waals surface area contributed by atoms with Crippen molar-refractivity contribution >= 4 is 33.7 Å². The Labute approximate surface area is 183 Å². The molecule has 1 N–H and O–H groups in total. The van der Waals surface area contributed by atoms with Crippen molar-refractivity contribution in [2.24, 2.45) is 5.10 Å². The predicted molar refractivity (Wildman–Crippen MR) is 119 cm³/mol. The summed E-state index contributed by atoms with van der Waals surface area (Å²) >= 11 is 5.85. The van der Waals surface area contributed by atoms with Crippen LogP contribution >= 0.6 is 11.6 Å². The minimum atomic E-state index is -3.78. The summed E-state index contributed by atoms with van der Waals surface area (Å²) in [7, 11) is -3.78. The lowest BCUT2D eigenvalue weighted by molar-refractivity contribution is -0.124. The van der Waals surface area contributed by atoms with Crippen molar-refractivity contribution in [3.63, 3.8) is 0 Å². The molecular formula is C22H26ClN3O3S. The van der Waals surface area contributed by atoms with Gasteiger partial charge in [0, 0.05) is 11.6 Å². The lowest BCUT2D eigenvalue weighted by Gasteiger charge is -2.22. The van der Waals surface area contributed by atoms with Gasteiger partial charge in [-0.1, -0.05) is 56.6 Å². The van der Waals surface area contributed by atoms with Gasteiger partial charge in [0.2, 0.25) is 10.0 Å². The fourth-order valence-corrected chi connectivity index (χ4v) is 5.13. The van der Waals surface area contributed by atoms with Crippen molar-refractivity contribution in [2.75, 3.05) is 6.54 Å². The number of hydrogen-bond donors (Lipinski definition) is 1. The molecule has 2 aromatic rings. The first-order chi connectivity index (χ1) is 14.1. The third-order valence-corrected chi connectivity index (χ3v) is 7.27. The molecule has 30 heavy (non-hydrogen) atoms. The maximum Gasteiger partial charge on any atom is 0.258 e. The molecule has 1 aliphatic heterocycles. The Morgan fingerprint density at radius 3 is 2.37 bits per heavy atom. The minimum absolute atomic E-state index is 0.0609. The van der Waals surface area contributed by atoms with Gasteiger partial charge in [-0.25, -0.2) is 13.8 Å². The number of rotatable bonds is 5. The van der Waals surface area contributed by atoms with Crippen molar-refractivity contribution in [2.45, 2.75) is 50.0 Å². The van der Waals surface area contributed by atoms with Gasteiger partial charge in [-0.3, -0.25) is 4.79 Å². The van der Waals surface area contributed by atoms with Gasteiger partial charge in [0.05, 0.1) is 11.1 Å². The minimum Gasteiger partial charge on any atom is -0.271 e. The van der Waals surface area contributed by atoms with Crippen molar-refractivity contribution in [1.29, 1.82) is 0 Å². The smallest absolute Gasteiger partial charge is 0.258 e. The maximum absolute atomic E-state index is 12.9. The van der Waals surface area contributed by atoms with E-state index in [9.17, 15) is 13.2 Å². The summed E-state index contributed by atoms with van der Waals surface area (Å²) in [5, 5.41) is 4.47. The number of sulfonamides is 1. The van der Waals surface area contributed by atoms with Crippen LogP contribution in [0.3, 0.4) is 0 Å². The van der Waals surface area contributed by atoms with Crippen molar-refractivity contribution in [3.8, 4) is 0 Å². The molecule has 1 aliphatic rings. The van der Waals surface area contributed by atoms with Crippen molar-refractivity contribution < 1.29 is 13.2 Å². The molecule has 0 bridgehead atoms. The Kier molecular flexibility index (Phi) is 6.65. The molecule has 1 heterocycles. The number of carbonyl (C=O) groups is 1. The Bertz CT molecular complexity index is 1030. The zero-order chi connectivity index (χ0) is 21.9. The molecule has 3 rings (SSSR count). The summed E-state index contributed by atoms with van der Waals surface area (Å²) in [5.41, 5.74) is 4.60. The van der Waals surface area contributed by atoms with Crippen LogP contribution in [0.4, 0.5) is 0 Å². The largest absolute Gasteiger partial charge is 0.271 e. The lowest BCUT2D eigenvalue weighted by Crippen LogP contribution is -2.44. The summed E-state index contributed by atoms with van der Waals surface area (Å²) in [4.78, 5) is 12.7. The van der Waals surface area contributed by atoms with Crippen molar-refractivity contribution in [1.82, 2.24) is 9.73 Å². The zero-order valence-corrected chi connectivity index (χ0v) is 18.9. The molecule has 1 fully saturated rings. The summed E-state index contributed by atoms with van der Waals surface area (Å²) < 4.78 is 27.1. The number of benzene rings is 2. The summed E-state index contributed by atoms with van der Waals surface area (Å²) in [6.45, 7) is 6.71. The van der Waals surface area contributed by atoms with E-state index in [2.05, 4.69) is 31.3 Å². The topological polar surface area (TPSA) is 78.8 Å². The van der Waals surface area contributed by atoms with Crippen molar-refractivity contribution in [3.05, 3.63) is 64.7 Å². The Morgan fingerprint density at radius 2 is 1.77 bits per heavy atom. The van der Waals surface area contributed by atoms with E-state index in [4.69, 9.17) is 11.6 Å². The second-order valence-corrected chi connectivity index (χ2v) is 10.7. The van der Waals surface area contributed by atoms with Crippen LogP contribution < -0.4 is 5.43 Å². The quantitative estimate of drug-likeness (QED) is 0.557. The van der Waals surface area contributed by atoms with E-state index >= 15 is 0 Å².